The van der Waals surface area contributed by atoms with Crippen molar-refractivity contribution in [2.45, 2.75) is 43.0 Å². The predicted molar refractivity (Wildman–Crippen MR) is 107 cm³/mol. The lowest BCUT2D eigenvalue weighted by molar-refractivity contribution is 0.102. The van der Waals surface area contributed by atoms with Crippen molar-refractivity contribution >= 4 is 21.6 Å². The van der Waals surface area contributed by atoms with E-state index in [4.69, 9.17) is 5.26 Å². The third kappa shape index (κ3) is 4.24. The summed E-state index contributed by atoms with van der Waals surface area (Å²) < 4.78 is 27.2. The van der Waals surface area contributed by atoms with Crippen molar-refractivity contribution in [2.24, 2.45) is 0 Å². The molecule has 1 fully saturated rings. The molecule has 0 unspecified atom stereocenters. The normalized spacial score (nSPS) is 15.2. The Morgan fingerprint density at radius 2 is 1.71 bits per heavy atom. The van der Waals surface area contributed by atoms with Crippen molar-refractivity contribution < 1.29 is 13.2 Å². The summed E-state index contributed by atoms with van der Waals surface area (Å²) in [6.07, 6.45) is 5.02. The van der Waals surface area contributed by atoms with Gasteiger partial charge in [-0.1, -0.05) is 31.4 Å². The van der Waals surface area contributed by atoms with Crippen LogP contribution in [0.3, 0.4) is 0 Å². The Balaban J connectivity index is 1.75. The second-order valence-corrected chi connectivity index (χ2v) is 8.95. The molecule has 0 aromatic heterocycles. The van der Waals surface area contributed by atoms with Crippen molar-refractivity contribution in [2.75, 3.05) is 12.4 Å². The fraction of sp³-hybridized carbons (Fsp3) is 0.333. The Morgan fingerprint density at radius 3 is 2.36 bits per heavy atom. The summed E-state index contributed by atoms with van der Waals surface area (Å²) in [6.45, 7) is 0. The van der Waals surface area contributed by atoms with Gasteiger partial charge in [0.2, 0.25) is 10.0 Å². The van der Waals surface area contributed by atoms with E-state index in [1.165, 1.54) is 28.6 Å². The number of benzene rings is 2. The zero-order chi connectivity index (χ0) is 20.1. The molecule has 1 N–H and O–H groups in total. The van der Waals surface area contributed by atoms with Crippen LogP contribution in [-0.2, 0) is 10.0 Å². The minimum Gasteiger partial charge on any atom is -0.321 e. The van der Waals surface area contributed by atoms with Crippen molar-refractivity contribution in [1.29, 1.82) is 5.26 Å². The Kier molecular flexibility index (Phi) is 6.12. The van der Waals surface area contributed by atoms with Crippen molar-refractivity contribution in [1.82, 2.24) is 4.31 Å². The monoisotopic (exact) mass is 397 g/mol. The van der Waals surface area contributed by atoms with E-state index in [0.717, 1.165) is 32.1 Å². The average molecular weight is 398 g/mol. The molecule has 0 spiro atoms. The number of para-hydroxylation sites is 1. The predicted octanol–water partition coefficient (Wildman–Crippen LogP) is 3.76. The van der Waals surface area contributed by atoms with Crippen LogP contribution in [0.5, 0.6) is 0 Å². The molecular formula is C21H23N3O3S. The number of rotatable bonds is 5. The quantitative estimate of drug-likeness (QED) is 0.832. The van der Waals surface area contributed by atoms with Crippen molar-refractivity contribution in [3.05, 3.63) is 59.7 Å². The SMILES string of the molecule is CN(C1CCCCC1)S(=O)(=O)c1ccc(C(=O)Nc2ccccc2C#N)cc1. The van der Waals surface area contributed by atoms with Gasteiger partial charge in [-0.15, -0.1) is 0 Å². The molecule has 28 heavy (non-hydrogen) atoms. The van der Waals surface area contributed by atoms with Gasteiger partial charge in [-0.25, -0.2) is 8.42 Å². The lowest BCUT2D eigenvalue weighted by Crippen LogP contribution is -2.38. The van der Waals surface area contributed by atoms with Gasteiger partial charge in [-0.3, -0.25) is 4.79 Å². The minimum atomic E-state index is -3.59. The number of hydrogen-bond acceptors (Lipinski definition) is 4. The number of amides is 1. The summed E-state index contributed by atoms with van der Waals surface area (Å²) in [5.74, 6) is -0.396. The molecule has 0 aliphatic heterocycles. The molecule has 0 radical (unpaired) electrons. The van der Waals surface area contributed by atoms with Crippen LogP contribution in [0.25, 0.3) is 0 Å². The molecule has 1 aliphatic carbocycles. The van der Waals surface area contributed by atoms with Crippen LogP contribution >= 0.6 is 0 Å². The number of sulfonamides is 1. The molecule has 2 aromatic rings. The largest absolute Gasteiger partial charge is 0.321 e. The van der Waals surface area contributed by atoms with E-state index >= 15 is 0 Å². The number of nitriles is 1. The van der Waals surface area contributed by atoms with Gasteiger partial charge >= 0.3 is 0 Å². The van der Waals surface area contributed by atoms with Gasteiger partial charge in [0.25, 0.3) is 5.91 Å². The molecule has 0 bridgehead atoms. The van der Waals surface area contributed by atoms with Gasteiger partial charge in [0.05, 0.1) is 16.1 Å². The third-order valence-corrected chi connectivity index (χ3v) is 7.10. The molecule has 7 heteroatoms. The maximum atomic E-state index is 12.9. The van der Waals surface area contributed by atoms with Gasteiger partial charge in [-0.05, 0) is 49.2 Å². The summed E-state index contributed by atoms with van der Waals surface area (Å²) in [6, 6.07) is 14.7. The molecule has 1 aliphatic rings. The summed E-state index contributed by atoms with van der Waals surface area (Å²) >= 11 is 0. The Labute approximate surface area is 165 Å². The van der Waals surface area contributed by atoms with Crippen LogP contribution in [0.2, 0.25) is 0 Å². The number of nitrogens with one attached hydrogen (secondary N) is 1. The maximum Gasteiger partial charge on any atom is 0.255 e. The molecular weight excluding hydrogens is 374 g/mol. The maximum absolute atomic E-state index is 12.9. The summed E-state index contributed by atoms with van der Waals surface area (Å²) in [5.41, 5.74) is 1.11. The molecule has 3 rings (SSSR count). The van der Waals surface area contributed by atoms with E-state index in [2.05, 4.69) is 5.32 Å². The highest BCUT2D eigenvalue weighted by molar-refractivity contribution is 7.89. The average Bonchev–Trinajstić information content (AvgIpc) is 2.74. The Bertz CT molecular complexity index is 988. The van der Waals surface area contributed by atoms with E-state index in [1.807, 2.05) is 6.07 Å². The Hall–Kier alpha value is -2.69. The van der Waals surface area contributed by atoms with Gasteiger partial charge in [0, 0.05) is 18.7 Å². The second-order valence-electron chi connectivity index (χ2n) is 6.95. The topological polar surface area (TPSA) is 90.3 Å². The van der Waals surface area contributed by atoms with Crippen LogP contribution < -0.4 is 5.32 Å². The highest BCUT2D eigenvalue weighted by Crippen LogP contribution is 2.26. The first kappa shape index (κ1) is 20.1. The fourth-order valence-electron chi connectivity index (χ4n) is 3.47. The molecule has 0 heterocycles. The summed E-state index contributed by atoms with van der Waals surface area (Å²) in [7, 11) is -1.96. The molecule has 6 nitrogen and oxygen atoms in total. The van der Waals surface area contributed by atoms with E-state index in [-0.39, 0.29) is 10.9 Å². The number of carbonyl (C=O) groups is 1. The van der Waals surface area contributed by atoms with Crippen LogP contribution in [-0.4, -0.2) is 31.7 Å². The lowest BCUT2D eigenvalue weighted by atomic mass is 9.96. The summed E-state index contributed by atoms with van der Waals surface area (Å²) in [4.78, 5) is 12.6. The summed E-state index contributed by atoms with van der Waals surface area (Å²) in [5, 5.41) is 11.8. The first-order valence-electron chi connectivity index (χ1n) is 9.32. The number of hydrogen-bond donors (Lipinski definition) is 1. The molecule has 1 saturated carbocycles. The van der Waals surface area contributed by atoms with E-state index in [9.17, 15) is 13.2 Å². The van der Waals surface area contributed by atoms with E-state index < -0.39 is 15.9 Å². The van der Waals surface area contributed by atoms with Gasteiger partial charge in [0.15, 0.2) is 0 Å². The smallest absolute Gasteiger partial charge is 0.255 e. The Morgan fingerprint density at radius 1 is 1.07 bits per heavy atom. The van der Waals surface area contributed by atoms with Gasteiger partial charge < -0.3 is 5.32 Å². The van der Waals surface area contributed by atoms with Gasteiger partial charge in [0.1, 0.15) is 6.07 Å². The van der Waals surface area contributed by atoms with Gasteiger partial charge in [-0.2, -0.15) is 9.57 Å². The fourth-order valence-corrected chi connectivity index (χ4v) is 4.89. The second kappa shape index (κ2) is 8.55. The van der Waals surface area contributed by atoms with Crippen molar-refractivity contribution in [3.8, 4) is 6.07 Å². The highest BCUT2D eigenvalue weighted by Gasteiger charge is 2.29. The first-order chi connectivity index (χ1) is 13.4. The third-order valence-electron chi connectivity index (χ3n) is 5.18. The van der Waals surface area contributed by atoms with E-state index in [1.54, 1.807) is 31.3 Å². The molecule has 146 valence electrons. The first-order valence-corrected chi connectivity index (χ1v) is 10.8. The number of anilines is 1. The minimum absolute atomic E-state index is 0.0317. The molecule has 1 amide bonds. The van der Waals surface area contributed by atoms with Crippen LogP contribution in [0.1, 0.15) is 48.0 Å². The number of carbonyl (C=O) groups excluding carboxylic acids is 1. The van der Waals surface area contributed by atoms with Crippen LogP contribution in [0, 0.1) is 11.3 Å². The molecule has 0 atom stereocenters. The van der Waals surface area contributed by atoms with E-state index in [0.29, 0.717) is 16.8 Å². The zero-order valence-electron chi connectivity index (χ0n) is 15.8. The standard InChI is InChI=1S/C21H23N3O3S/c1-24(18-8-3-2-4-9-18)28(26,27)19-13-11-16(12-14-19)21(25)23-20-10-6-5-7-17(20)15-22/h5-7,10-14,18H,2-4,8-9H2,1H3,(H,23,25). The lowest BCUT2D eigenvalue weighted by Gasteiger charge is -2.30. The highest BCUT2D eigenvalue weighted by atomic mass is 32.2. The number of nitrogens with zero attached hydrogens (tertiary/aromatic N) is 2. The molecule has 2 aromatic carbocycles. The van der Waals surface area contributed by atoms with Crippen LogP contribution in [0.4, 0.5) is 5.69 Å². The molecule has 0 saturated heterocycles. The zero-order valence-corrected chi connectivity index (χ0v) is 16.6. The van der Waals surface area contributed by atoms with Crippen LogP contribution in [0.15, 0.2) is 53.4 Å². The van der Waals surface area contributed by atoms with Crippen molar-refractivity contribution in [3.63, 3.8) is 0 Å².